The number of aliphatic hydroxyl groups is 1. The van der Waals surface area contributed by atoms with Crippen molar-refractivity contribution < 1.29 is 19.5 Å². The van der Waals surface area contributed by atoms with Crippen molar-refractivity contribution in [3.63, 3.8) is 0 Å². The minimum Gasteiger partial charge on any atom is -0.388 e. The van der Waals surface area contributed by atoms with Crippen LogP contribution in [0, 0.1) is 0 Å². The molecule has 3 amide bonds. The Morgan fingerprint density at radius 1 is 1.11 bits per heavy atom. The van der Waals surface area contributed by atoms with E-state index in [0.29, 0.717) is 46.8 Å². The van der Waals surface area contributed by atoms with E-state index in [-0.39, 0.29) is 30.7 Å². The summed E-state index contributed by atoms with van der Waals surface area (Å²) >= 11 is 6.01. The second-order valence-corrected chi connectivity index (χ2v) is 7.40. The standard InChI is InChI=1S/C21H19ClN2O4/c22-13-7-8-17-16(12-13)18(25)9-11-23(17)19(26)6-3-10-24-20(27)14-4-1-2-5-15(14)21(24)28/h1-2,4-5,7-8,12,18,25H,3,6,9-11H2. The number of rotatable bonds is 4. The Morgan fingerprint density at radius 2 is 1.79 bits per heavy atom. The van der Waals surface area contributed by atoms with E-state index in [2.05, 4.69) is 0 Å². The molecule has 0 radical (unpaired) electrons. The minimum absolute atomic E-state index is 0.105. The summed E-state index contributed by atoms with van der Waals surface area (Å²) < 4.78 is 0. The molecule has 0 bridgehead atoms. The van der Waals surface area contributed by atoms with Crippen molar-refractivity contribution in [2.45, 2.75) is 25.4 Å². The predicted molar refractivity (Wildman–Crippen MR) is 104 cm³/mol. The Balaban J connectivity index is 1.41. The lowest BCUT2D eigenvalue weighted by Crippen LogP contribution is -2.37. The van der Waals surface area contributed by atoms with Gasteiger partial charge in [0.2, 0.25) is 5.91 Å². The van der Waals surface area contributed by atoms with Crippen molar-refractivity contribution in [3.05, 3.63) is 64.2 Å². The van der Waals surface area contributed by atoms with Crippen LogP contribution in [0.25, 0.3) is 0 Å². The minimum atomic E-state index is -0.643. The molecular weight excluding hydrogens is 380 g/mol. The monoisotopic (exact) mass is 398 g/mol. The molecule has 0 aliphatic carbocycles. The first kappa shape index (κ1) is 18.7. The third kappa shape index (κ3) is 3.19. The number of halogens is 1. The number of aliphatic hydroxyl groups excluding tert-OH is 1. The maximum absolute atomic E-state index is 12.7. The number of benzene rings is 2. The molecule has 1 unspecified atom stereocenters. The van der Waals surface area contributed by atoms with Crippen LogP contribution < -0.4 is 4.90 Å². The largest absolute Gasteiger partial charge is 0.388 e. The SMILES string of the molecule is O=C1c2ccccc2C(=O)N1CCCC(=O)N1CCC(O)c2cc(Cl)ccc21. The molecule has 0 spiro atoms. The Labute approximate surface area is 167 Å². The highest BCUT2D eigenvalue weighted by atomic mass is 35.5. The van der Waals surface area contributed by atoms with Gasteiger partial charge in [-0.05, 0) is 43.2 Å². The highest BCUT2D eigenvalue weighted by molar-refractivity contribution is 6.30. The maximum Gasteiger partial charge on any atom is 0.261 e. The summed E-state index contributed by atoms with van der Waals surface area (Å²) in [5.74, 6) is -0.727. The number of carbonyl (C=O) groups is 3. The van der Waals surface area contributed by atoms with Gasteiger partial charge < -0.3 is 10.0 Å². The van der Waals surface area contributed by atoms with Gasteiger partial charge in [0.1, 0.15) is 0 Å². The summed E-state index contributed by atoms with van der Waals surface area (Å²) in [6.07, 6.45) is 0.381. The first-order valence-electron chi connectivity index (χ1n) is 9.20. The second kappa shape index (κ2) is 7.37. The van der Waals surface area contributed by atoms with E-state index in [1.165, 1.54) is 4.90 Å². The average Bonchev–Trinajstić information content (AvgIpc) is 2.93. The van der Waals surface area contributed by atoms with Crippen LogP contribution in [-0.4, -0.2) is 40.8 Å². The molecule has 2 heterocycles. The molecule has 28 heavy (non-hydrogen) atoms. The number of nitrogens with zero attached hydrogens (tertiary/aromatic N) is 2. The molecule has 1 N–H and O–H groups in total. The van der Waals surface area contributed by atoms with Gasteiger partial charge in [0.05, 0.1) is 17.2 Å². The third-order valence-corrected chi connectivity index (χ3v) is 5.45. The molecule has 144 valence electrons. The van der Waals surface area contributed by atoms with Gasteiger partial charge in [0.15, 0.2) is 0 Å². The summed E-state index contributed by atoms with van der Waals surface area (Å²) in [5.41, 5.74) is 2.13. The smallest absolute Gasteiger partial charge is 0.261 e. The quantitative estimate of drug-likeness (QED) is 0.802. The van der Waals surface area contributed by atoms with Crippen LogP contribution >= 0.6 is 11.6 Å². The van der Waals surface area contributed by atoms with Crippen LogP contribution in [0.5, 0.6) is 0 Å². The van der Waals surface area contributed by atoms with Crippen molar-refractivity contribution in [1.82, 2.24) is 4.90 Å². The predicted octanol–water partition coefficient (Wildman–Crippen LogP) is 3.19. The number of fused-ring (bicyclic) bond motifs is 2. The summed E-state index contributed by atoms with van der Waals surface area (Å²) in [6, 6.07) is 11.8. The van der Waals surface area contributed by atoms with Gasteiger partial charge in [-0.1, -0.05) is 23.7 Å². The van der Waals surface area contributed by atoms with Crippen molar-refractivity contribution in [2.75, 3.05) is 18.0 Å². The highest BCUT2D eigenvalue weighted by Crippen LogP contribution is 2.36. The van der Waals surface area contributed by atoms with Crippen LogP contribution in [0.2, 0.25) is 5.02 Å². The normalized spacial score (nSPS) is 18.3. The number of carbonyl (C=O) groups excluding carboxylic acids is 3. The molecule has 1 atom stereocenters. The van der Waals surface area contributed by atoms with Gasteiger partial charge in [-0.2, -0.15) is 0 Å². The van der Waals surface area contributed by atoms with Gasteiger partial charge in [0, 0.05) is 35.8 Å². The lowest BCUT2D eigenvalue weighted by Gasteiger charge is -2.32. The highest BCUT2D eigenvalue weighted by Gasteiger charge is 2.35. The molecule has 0 saturated heterocycles. The van der Waals surface area contributed by atoms with Crippen molar-refractivity contribution >= 4 is 35.0 Å². The molecule has 2 aliphatic heterocycles. The summed E-state index contributed by atoms with van der Waals surface area (Å²) in [6.45, 7) is 0.615. The van der Waals surface area contributed by atoms with E-state index in [0.717, 1.165) is 0 Å². The van der Waals surface area contributed by atoms with Crippen LogP contribution in [0.15, 0.2) is 42.5 Å². The van der Waals surface area contributed by atoms with Crippen LogP contribution in [0.4, 0.5) is 5.69 Å². The van der Waals surface area contributed by atoms with Crippen molar-refractivity contribution in [1.29, 1.82) is 0 Å². The molecule has 0 saturated carbocycles. The molecular formula is C21H19ClN2O4. The number of amides is 3. The van der Waals surface area contributed by atoms with E-state index in [4.69, 9.17) is 11.6 Å². The van der Waals surface area contributed by atoms with E-state index in [1.54, 1.807) is 47.4 Å². The average molecular weight is 399 g/mol. The van der Waals surface area contributed by atoms with Crippen molar-refractivity contribution in [3.8, 4) is 0 Å². The van der Waals surface area contributed by atoms with Crippen LogP contribution in [-0.2, 0) is 4.79 Å². The Bertz CT molecular complexity index is 940. The number of hydrogen-bond donors (Lipinski definition) is 1. The van der Waals surface area contributed by atoms with Crippen molar-refractivity contribution in [2.24, 2.45) is 0 Å². The summed E-state index contributed by atoms with van der Waals surface area (Å²) in [7, 11) is 0. The summed E-state index contributed by atoms with van der Waals surface area (Å²) in [5, 5.41) is 10.7. The fraction of sp³-hybridized carbons (Fsp3) is 0.286. The van der Waals surface area contributed by atoms with Crippen LogP contribution in [0.1, 0.15) is 51.6 Å². The zero-order valence-corrected chi connectivity index (χ0v) is 15.9. The van der Waals surface area contributed by atoms with Gasteiger partial charge >= 0.3 is 0 Å². The third-order valence-electron chi connectivity index (χ3n) is 5.22. The molecule has 2 aromatic rings. The van der Waals surface area contributed by atoms with Crippen LogP contribution in [0.3, 0.4) is 0 Å². The fourth-order valence-electron chi connectivity index (χ4n) is 3.79. The van der Waals surface area contributed by atoms with E-state index in [1.807, 2.05) is 0 Å². The van der Waals surface area contributed by atoms with Gasteiger partial charge in [-0.25, -0.2) is 0 Å². The molecule has 0 aromatic heterocycles. The second-order valence-electron chi connectivity index (χ2n) is 6.96. The first-order chi connectivity index (χ1) is 13.5. The zero-order valence-electron chi connectivity index (χ0n) is 15.1. The number of anilines is 1. The molecule has 6 nitrogen and oxygen atoms in total. The van der Waals surface area contributed by atoms with Gasteiger partial charge in [-0.15, -0.1) is 0 Å². The van der Waals surface area contributed by atoms with Gasteiger partial charge in [0.25, 0.3) is 11.8 Å². The molecule has 7 heteroatoms. The van der Waals surface area contributed by atoms with E-state index >= 15 is 0 Å². The Kier molecular flexibility index (Phi) is 4.91. The maximum atomic E-state index is 12.7. The number of imide groups is 1. The Morgan fingerprint density at radius 3 is 2.46 bits per heavy atom. The summed E-state index contributed by atoms with van der Waals surface area (Å²) in [4.78, 5) is 40.3. The van der Waals surface area contributed by atoms with Gasteiger partial charge in [-0.3, -0.25) is 19.3 Å². The molecule has 2 aromatic carbocycles. The van der Waals surface area contributed by atoms with E-state index < -0.39 is 6.10 Å². The fourth-order valence-corrected chi connectivity index (χ4v) is 3.97. The molecule has 0 fully saturated rings. The molecule has 4 rings (SSSR count). The van der Waals surface area contributed by atoms with E-state index in [9.17, 15) is 19.5 Å². The topological polar surface area (TPSA) is 77.9 Å². The lowest BCUT2D eigenvalue weighted by atomic mass is 9.98. The molecule has 2 aliphatic rings. The first-order valence-corrected chi connectivity index (χ1v) is 9.58. The lowest BCUT2D eigenvalue weighted by molar-refractivity contribution is -0.119. The zero-order chi connectivity index (χ0) is 19.8. The number of hydrogen-bond acceptors (Lipinski definition) is 4. The Hall–Kier alpha value is -2.70.